The molecule has 1 amide bonds. The lowest BCUT2D eigenvalue weighted by atomic mass is 10.2. The topological polar surface area (TPSA) is 82.5 Å². The number of halogens is 1. The fraction of sp³-hybridized carbons (Fsp3) is 0. The van der Waals surface area contributed by atoms with Gasteiger partial charge in [-0.2, -0.15) is 0 Å². The van der Waals surface area contributed by atoms with Crippen LogP contribution in [0, 0.1) is 0 Å². The number of aromatic hydroxyl groups is 2. The van der Waals surface area contributed by atoms with Gasteiger partial charge in [0.05, 0.1) is 5.56 Å². The summed E-state index contributed by atoms with van der Waals surface area (Å²) in [5, 5.41) is 21.2. The summed E-state index contributed by atoms with van der Waals surface area (Å²) in [7, 11) is 0. The smallest absolute Gasteiger partial charge is 0.260 e. The Morgan fingerprint density at radius 2 is 2.00 bits per heavy atom. The van der Waals surface area contributed by atoms with E-state index >= 15 is 0 Å². The van der Waals surface area contributed by atoms with Gasteiger partial charge in [0, 0.05) is 16.7 Å². The zero-order chi connectivity index (χ0) is 13.1. The van der Waals surface area contributed by atoms with Crippen LogP contribution in [0.15, 0.2) is 41.0 Å². The number of phenols is 2. The van der Waals surface area contributed by atoms with Crippen LogP contribution in [-0.2, 0) is 0 Å². The maximum atomic E-state index is 11.8. The highest BCUT2D eigenvalue weighted by atomic mass is 79.9. The number of rotatable bonds is 2. The van der Waals surface area contributed by atoms with Gasteiger partial charge in [0.1, 0.15) is 17.3 Å². The van der Waals surface area contributed by atoms with Gasteiger partial charge in [0.15, 0.2) is 0 Å². The summed E-state index contributed by atoms with van der Waals surface area (Å²) in [5.74, 6) is -0.535. The number of benzene rings is 1. The molecule has 2 rings (SSSR count). The Balaban J connectivity index is 2.22. The van der Waals surface area contributed by atoms with Crippen molar-refractivity contribution in [2.24, 2.45) is 0 Å². The number of carbonyl (C=O) groups excluding carboxylic acids is 1. The standard InChI is InChI=1S/C12H9BrN2O3/c13-7-3-4-14-11(5-7)15-12(18)9-2-1-8(16)6-10(9)17/h1-6,16-17H,(H,14,15,18). The van der Waals surface area contributed by atoms with Gasteiger partial charge in [-0.15, -0.1) is 0 Å². The summed E-state index contributed by atoms with van der Waals surface area (Å²) in [4.78, 5) is 15.8. The minimum atomic E-state index is -0.502. The van der Waals surface area contributed by atoms with Crippen LogP contribution >= 0.6 is 15.9 Å². The number of amides is 1. The number of nitrogens with one attached hydrogen (secondary N) is 1. The molecule has 0 saturated heterocycles. The van der Waals surface area contributed by atoms with E-state index in [1.54, 1.807) is 12.1 Å². The number of anilines is 1. The van der Waals surface area contributed by atoms with Gasteiger partial charge in [-0.25, -0.2) is 4.98 Å². The van der Waals surface area contributed by atoms with Crippen molar-refractivity contribution in [1.82, 2.24) is 4.98 Å². The minimum Gasteiger partial charge on any atom is -0.508 e. The third-order valence-corrected chi connectivity index (χ3v) is 2.68. The van der Waals surface area contributed by atoms with Gasteiger partial charge < -0.3 is 15.5 Å². The van der Waals surface area contributed by atoms with Crippen molar-refractivity contribution in [3.8, 4) is 11.5 Å². The van der Waals surface area contributed by atoms with Gasteiger partial charge >= 0.3 is 0 Å². The predicted molar refractivity (Wildman–Crippen MR) is 69.7 cm³/mol. The molecular formula is C12H9BrN2O3. The molecule has 1 aromatic carbocycles. The number of pyridine rings is 1. The SMILES string of the molecule is O=C(Nc1cc(Br)ccn1)c1ccc(O)cc1O. The largest absolute Gasteiger partial charge is 0.508 e. The normalized spacial score (nSPS) is 10.1. The Hall–Kier alpha value is -2.08. The van der Waals surface area contributed by atoms with E-state index in [1.165, 1.54) is 18.3 Å². The first kappa shape index (κ1) is 12.4. The van der Waals surface area contributed by atoms with Crippen molar-refractivity contribution in [3.05, 3.63) is 46.6 Å². The summed E-state index contributed by atoms with van der Waals surface area (Å²) in [6.07, 6.45) is 1.54. The maximum absolute atomic E-state index is 11.8. The molecule has 18 heavy (non-hydrogen) atoms. The second-order valence-electron chi connectivity index (χ2n) is 3.51. The lowest BCUT2D eigenvalue weighted by Crippen LogP contribution is -2.12. The van der Waals surface area contributed by atoms with Crippen molar-refractivity contribution >= 4 is 27.7 Å². The summed E-state index contributed by atoms with van der Waals surface area (Å²) >= 11 is 3.26. The molecule has 0 aliphatic heterocycles. The zero-order valence-corrected chi connectivity index (χ0v) is 10.7. The molecule has 0 fully saturated rings. The first-order chi connectivity index (χ1) is 8.56. The van der Waals surface area contributed by atoms with E-state index in [2.05, 4.69) is 26.2 Å². The van der Waals surface area contributed by atoms with Gasteiger partial charge in [-0.3, -0.25) is 4.79 Å². The number of hydrogen-bond acceptors (Lipinski definition) is 4. The van der Waals surface area contributed by atoms with Crippen LogP contribution in [0.3, 0.4) is 0 Å². The maximum Gasteiger partial charge on any atom is 0.260 e. The van der Waals surface area contributed by atoms with E-state index in [9.17, 15) is 9.90 Å². The molecule has 92 valence electrons. The van der Waals surface area contributed by atoms with Crippen LogP contribution in [0.2, 0.25) is 0 Å². The Morgan fingerprint density at radius 1 is 1.22 bits per heavy atom. The molecular weight excluding hydrogens is 300 g/mol. The van der Waals surface area contributed by atoms with E-state index in [0.717, 1.165) is 10.5 Å². The molecule has 0 aliphatic rings. The highest BCUT2D eigenvalue weighted by molar-refractivity contribution is 9.10. The molecule has 0 spiro atoms. The van der Waals surface area contributed by atoms with Crippen molar-refractivity contribution in [1.29, 1.82) is 0 Å². The van der Waals surface area contributed by atoms with Crippen molar-refractivity contribution in [2.45, 2.75) is 0 Å². The first-order valence-electron chi connectivity index (χ1n) is 5.01. The Bertz CT molecular complexity index is 602. The molecule has 1 heterocycles. The van der Waals surface area contributed by atoms with Gasteiger partial charge in [-0.05, 0) is 24.3 Å². The molecule has 1 aromatic heterocycles. The predicted octanol–water partition coefficient (Wildman–Crippen LogP) is 2.51. The van der Waals surface area contributed by atoms with Crippen LogP contribution in [0.1, 0.15) is 10.4 Å². The monoisotopic (exact) mass is 308 g/mol. The Labute approximate surface area is 111 Å². The summed E-state index contributed by atoms with van der Waals surface area (Å²) < 4.78 is 0.780. The van der Waals surface area contributed by atoms with Gasteiger partial charge in [0.25, 0.3) is 5.91 Å². The second-order valence-corrected chi connectivity index (χ2v) is 4.43. The minimum absolute atomic E-state index is 0.0644. The fourth-order valence-electron chi connectivity index (χ4n) is 1.37. The van der Waals surface area contributed by atoms with E-state index < -0.39 is 5.91 Å². The number of hydrogen-bond donors (Lipinski definition) is 3. The molecule has 2 aromatic rings. The summed E-state index contributed by atoms with van der Waals surface area (Å²) in [5.41, 5.74) is 0.0644. The third-order valence-electron chi connectivity index (χ3n) is 2.19. The van der Waals surface area contributed by atoms with E-state index in [0.29, 0.717) is 5.82 Å². The molecule has 0 saturated carbocycles. The zero-order valence-electron chi connectivity index (χ0n) is 9.09. The van der Waals surface area contributed by atoms with Crippen molar-refractivity contribution in [3.63, 3.8) is 0 Å². The third kappa shape index (κ3) is 2.78. The lowest BCUT2D eigenvalue weighted by molar-refractivity contribution is 0.102. The second kappa shape index (κ2) is 5.05. The molecule has 6 heteroatoms. The van der Waals surface area contributed by atoms with Crippen LogP contribution in [0.25, 0.3) is 0 Å². The molecule has 0 radical (unpaired) electrons. The average Bonchev–Trinajstić information content (AvgIpc) is 2.28. The number of aromatic nitrogens is 1. The highest BCUT2D eigenvalue weighted by Gasteiger charge is 2.12. The molecule has 0 unspecified atom stereocenters. The molecule has 0 atom stereocenters. The molecule has 5 nitrogen and oxygen atoms in total. The van der Waals surface area contributed by atoms with Gasteiger partial charge in [-0.1, -0.05) is 15.9 Å². The summed E-state index contributed by atoms with van der Waals surface area (Å²) in [6, 6.07) is 7.12. The number of carbonyl (C=O) groups is 1. The number of phenolic OH excluding ortho intramolecular Hbond substituents is 2. The highest BCUT2D eigenvalue weighted by Crippen LogP contribution is 2.23. The Kier molecular flexibility index (Phi) is 3.47. The van der Waals surface area contributed by atoms with Crippen LogP contribution in [0.4, 0.5) is 5.82 Å². The van der Waals surface area contributed by atoms with E-state index in [4.69, 9.17) is 5.11 Å². The quantitative estimate of drug-likeness (QED) is 0.796. The molecule has 3 N–H and O–H groups in total. The van der Waals surface area contributed by atoms with E-state index in [-0.39, 0.29) is 17.1 Å². The Morgan fingerprint density at radius 3 is 2.67 bits per heavy atom. The molecule has 0 bridgehead atoms. The lowest BCUT2D eigenvalue weighted by Gasteiger charge is -2.06. The average molecular weight is 309 g/mol. The van der Waals surface area contributed by atoms with Crippen molar-refractivity contribution < 1.29 is 15.0 Å². The number of nitrogens with zero attached hydrogens (tertiary/aromatic N) is 1. The molecule has 0 aliphatic carbocycles. The fourth-order valence-corrected chi connectivity index (χ4v) is 1.70. The first-order valence-corrected chi connectivity index (χ1v) is 5.80. The van der Waals surface area contributed by atoms with Crippen molar-refractivity contribution in [2.75, 3.05) is 5.32 Å². The van der Waals surface area contributed by atoms with E-state index in [1.807, 2.05) is 0 Å². The van der Waals surface area contributed by atoms with Gasteiger partial charge in [0.2, 0.25) is 0 Å². The van der Waals surface area contributed by atoms with Crippen LogP contribution < -0.4 is 5.32 Å². The van der Waals surface area contributed by atoms with Crippen LogP contribution in [0.5, 0.6) is 11.5 Å². The summed E-state index contributed by atoms with van der Waals surface area (Å²) in [6.45, 7) is 0. The van der Waals surface area contributed by atoms with Crippen LogP contribution in [-0.4, -0.2) is 21.1 Å².